The molecule has 0 aliphatic heterocycles. The van der Waals surface area contributed by atoms with Crippen LogP contribution in [-0.2, 0) is 17.6 Å². The van der Waals surface area contributed by atoms with Crippen LogP contribution >= 0.6 is 0 Å². The van der Waals surface area contributed by atoms with Gasteiger partial charge in [-0.2, -0.15) is 0 Å². The molecular weight excluding hydrogens is 374 g/mol. The summed E-state index contributed by atoms with van der Waals surface area (Å²) in [4.78, 5) is 26.6. The van der Waals surface area contributed by atoms with E-state index in [9.17, 15) is 14.7 Å². The molecule has 0 amide bonds. The SMILES string of the molecule is CCCc1c(OCCCOc2cccnc2CCC(=O)O)ccc(C(C)=O)c1O. The minimum absolute atomic E-state index is 0.00353. The summed E-state index contributed by atoms with van der Waals surface area (Å²) in [6.45, 7) is 4.17. The van der Waals surface area contributed by atoms with Gasteiger partial charge in [-0.15, -0.1) is 0 Å². The van der Waals surface area contributed by atoms with Crippen molar-refractivity contribution in [2.24, 2.45) is 0 Å². The van der Waals surface area contributed by atoms with Crippen molar-refractivity contribution in [2.75, 3.05) is 13.2 Å². The lowest BCUT2D eigenvalue weighted by atomic mass is 10.0. The van der Waals surface area contributed by atoms with Gasteiger partial charge in [0, 0.05) is 24.6 Å². The number of rotatable bonds is 12. The van der Waals surface area contributed by atoms with Gasteiger partial charge in [0.2, 0.25) is 0 Å². The van der Waals surface area contributed by atoms with Crippen molar-refractivity contribution < 1.29 is 29.3 Å². The monoisotopic (exact) mass is 401 g/mol. The standard InChI is InChI=1S/C22H27NO6/c1-3-6-17-19(10-8-16(15(2)24)22(17)27)28-13-5-14-29-20-7-4-12-23-18(20)9-11-21(25)26/h4,7-8,10,12,27H,3,5-6,9,11,13-14H2,1-2H3,(H,25,26). The topological polar surface area (TPSA) is 106 Å². The zero-order valence-corrected chi connectivity index (χ0v) is 16.8. The zero-order valence-electron chi connectivity index (χ0n) is 16.8. The highest BCUT2D eigenvalue weighted by molar-refractivity contribution is 5.97. The van der Waals surface area contributed by atoms with Crippen molar-refractivity contribution in [2.45, 2.75) is 46.0 Å². The van der Waals surface area contributed by atoms with Crippen LogP contribution in [0.4, 0.5) is 0 Å². The minimum atomic E-state index is -0.878. The molecule has 7 nitrogen and oxygen atoms in total. The van der Waals surface area contributed by atoms with E-state index in [0.29, 0.717) is 60.8 Å². The Kier molecular flexibility index (Phi) is 8.45. The molecular formula is C22H27NO6. The minimum Gasteiger partial charge on any atom is -0.507 e. The third kappa shape index (κ3) is 6.48. The van der Waals surface area contributed by atoms with Crippen LogP contribution < -0.4 is 9.47 Å². The lowest BCUT2D eigenvalue weighted by Gasteiger charge is -2.15. The number of aryl methyl sites for hydroxylation is 1. The van der Waals surface area contributed by atoms with E-state index < -0.39 is 5.97 Å². The number of pyridine rings is 1. The molecule has 2 aromatic rings. The van der Waals surface area contributed by atoms with E-state index in [4.69, 9.17) is 14.6 Å². The summed E-state index contributed by atoms with van der Waals surface area (Å²) in [5, 5.41) is 19.2. The summed E-state index contributed by atoms with van der Waals surface area (Å²) < 4.78 is 11.5. The number of Topliss-reactive ketones (excluding diaryl/α,β-unsaturated/α-hetero) is 1. The summed E-state index contributed by atoms with van der Waals surface area (Å²) in [7, 11) is 0. The summed E-state index contributed by atoms with van der Waals surface area (Å²) in [6.07, 6.45) is 3.93. The van der Waals surface area contributed by atoms with Crippen LogP contribution in [0.1, 0.15) is 54.7 Å². The third-order valence-electron chi connectivity index (χ3n) is 4.35. The molecule has 0 atom stereocenters. The van der Waals surface area contributed by atoms with E-state index in [1.807, 2.05) is 6.92 Å². The van der Waals surface area contributed by atoms with Gasteiger partial charge >= 0.3 is 5.97 Å². The number of phenols is 1. The highest BCUT2D eigenvalue weighted by Gasteiger charge is 2.16. The molecule has 2 N–H and O–H groups in total. The number of carbonyl (C=O) groups excluding carboxylic acids is 1. The maximum atomic E-state index is 11.6. The molecule has 0 bridgehead atoms. The van der Waals surface area contributed by atoms with Crippen molar-refractivity contribution in [1.82, 2.24) is 4.98 Å². The van der Waals surface area contributed by atoms with Gasteiger partial charge in [-0.05, 0) is 37.6 Å². The number of benzene rings is 1. The Morgan fingerprint density at radius 3 is 2.45 bits per heavy atom. The van der Waals surface area contributed by atoms with Crippen LogP contribution in [0, 0.1) is 0 Å². The Balaban J connectivity index is 1.91. The predicted octanol–water partition coefficient (Wildman–Crippen LogP) is 3.81. The quantitative estimate of drug-likeness (QED) is 0.411. The normalized spacial score (nSPS) is 10.6. The van der Waals surface area contributed by atoms with Gasteiger partial charge in [0.25, 0.3) is 0 Å². The fourth-order valence-electron chi connectivity index (χ4n) is 2.92. The molecule has 0 aliphatic rings. The van der Waals surface area contributed by atoms with E-state index in [0.717, 1.165) is 6.42 Å². The van der Waals surface area contributed by atoms with Crippen molar-refractivity contribution in [3.63, 3.8) is 0 Å². The van der Waals surface area contributed by atoms with Crippen LogP contribution in [0.2, 0.25) is 0 Å². The number of phenolic OH excluding ortho intramolecular Hbond substituents is 1. The van der Waals surface area contributed by atoms with Crippen molar-refractivity contribution in [3.05, 3.63) is 47.3 Å². The van der Waals surface area contributed by atoms with Gasteiger partial charge in [-0.3, -0.25) is 14.6 Å². The molecule has 0 saturated carbocycles. The molecule has 29 heavy (non-hydrogen) atoms. The number of aromatic nitrogens is 1. The molecule has 0 fully saturated rings. The Hall–Kier alpha value is -3.09. The van der Waals surface area contributed by atoms with Crippen molar-refractivity contribution in [1.29, 1.82) is 0 Å². The fourth-order valence-corrected chi connectivity index (χ4v) is 2.92. The predicted molar refractivity (Wildman–Crippen MR) is 108 cm³/mol. The third-order valence-corrected chi connectivity index (χ3v) is 4.35. The summed E-state index contributed by atoms with van der Waals surface area (Å²) in [5.74, 6) is 0.0696. The molecule has 7 heteroatoms. The zero-order chi connectivity index (χ0) is 21.2. The van der Waals surface area contributed by atoms with Crippen LogP contribution in [0.3, 0.4) is 0 Å². The molecule has 0 spiro atoms. The first-order valence-corrected chi connectivity index (χ1v) is 9.71. The lowest BCUT2D eigenvalue weighted by Crippen LogP contribution is -2.09. The first-order valence-electron chi connectivity index (χ1n) is 9.71. The number of ether oxygens (including phenoxy) is 2. The molecule has 0 saturated heterocycles. The van der Waals surface area contributed by atoms with Gasteiger partial charge in [0.15, 0.2) is 5.78 Å². The van der Waals surface area contributed by atoms with Crippen molar-refractivity contribution >= 4 is 11.8 Å². The number of aliphatic carboxylic acids is 1. The van der Waals surface area contributed by atoms with Gasteiger partial charge in [0.05, 0.1) is 30.9 Å². The maximum Gasteiger partial charge on any atom is 0.303 e. The van der Waals surface area contributed by atoms with E-state index in [-0.39, 0.29) is 18.0 Å². The van der Waals surface area contributed by atoms with E-state index >= 15 is 0 Å². The van der Waals surface area contributed by atoms with Gasteiger partial charge < -0.3 is 19.7 Å². The Morgan fingerprint density at radius 1 is 1.07 bits per heavy atom. The van der Waals surface area contributed by atoms with Gasteiger partial charge in [-0.25, -0.2) is 0 Å². The summed E-state index contributed by atoms with van der Waals surface area (Å²) in [5.41, 5.74) is 1.56. The second kappa shape index (κ2) is 11.0. The number of ketones is 1. The number of aromatic hydroxyl groups is 1. The van der Waals surface area contributed by atoms with E-state index in [1.165, 1.54) is 6.92 Å². The second-order valence-electron chi connectivity index (χ2n) is 6.64. The smallest absolute Gasteiger partial charge is 0.303 e. The van der Waals surface area contributed by atoms with Crippen LogP contribution in [0.25, 0.3) is 0 Å². The average Bonchev–Trinajstić information content (AvgIpc) is 2.69. The first-order chi connectivity index (χ1) is 13.9. The van der Waals surface area contributed by atoms with Gasteiger partial charge in [0.1, 0.15) is 17.2 Å². The molecule has 1 aromatic heterocycles. The molecule has 0 unspecified atom stereocenters. The molecule has 2 rings (SSSR count). The van der Waals surface area contributed by atoms with Crippen molar-refractivity contribution in [3.8, 4) is 17.2 Å². The van der Waals surface area contributed by atoms with Gasteiger partial charge in [-0.1, -0.05) is 13.3 Å². The Bertz CT molecular complexity index is 849. The second-order valence-corrected chi connectivity index (χ2v) is 6.64. The maximum absolute atomic E-state index is 11.6. The molecule has 156 valence electrons. The average molecular weight is 401 g/mol. The van der Waals surface area contributed by atoms with E-state index in [2.05, 4.69) is 4.98 Å². The fraction of sp³-hybridized carbons (Fsp3) is 0.409. The number of hydrogen-bond donors (Lipinski definition) is 2. The van der Waals surface area contributed by atoms with Crippen LogP contribution in [0.15, 0.2) is 30.5 Å². The van der Waals surface area contributed by atoms with Crippen LogP contribution in [-0.4, -0.2) is 40.2 Å². The molecule has 1 heterocycles. The number of carboxylic acids is 1. The molecule has 0 radical (unpaired) electrons. The Labute approximate surface area is 170 Å². The number of carboxylic acid groups (broad SMARTS) is 1. The molecule has 1 aromatic carbocycles. The summed E-state index contributed by atoms with van der Waals surface area (Å²) >= 11 is 0. The number of hydrogen-bond acceptors (Lipinski definition) is 6. The Morgan fingerprint density at radius 2 is 1.79 bits per heavy atom. The van der Waals surface area contributed by atoms with E-state index in [1.54, 1.807) is 30.5 Å². The largest absolute Gasteiger partial charge is 0.507 e. The molecule has 0 aliphatic carbocycles. The lowest BCUT2D eigenvalue weighted by molar-refractivity contribution is -0.136. The number of nitrogens with zero attached hydrogens (tertiary/aromatic N) is 1. The van der Waals surface area contributed by atoms with Crippen LogP contribution in [0.5, 0.6) is 17.2 Å². The summed E-state index contributed by atoms with van der Waals surface area (Å²) in [6, 6.07) is 6.80. The first kappa shape index (κ1) is 22.2. The highest BCUT2D eigenvalue weighted by atomic mass is 16.5. The highest BCUT2D eigenvalue weighted by Crippen LogP contribution is 2.33. The number of carbonyl (C=O) groups is 2.